The number of benzene rings is 1. The molecule has 1 aromatic carbocycles. The molecule has 0 unspecified atom stereocenters. The first-order valence-corrected chi connectivity index (χ1v) is 6.80. The van der Waals surface area contributed by atoms with Gasteiger partial charge in [0.05, 0.1) is 6.04 Å². The Balaban J connectivity index is 1.80. The molecular weight excluding hydrogens is 228 g/mol. The Kier molecular flexibility index (Phi) is 2.79. The van der Waals surface area contributed by atoms with E-state index in [9.17, 15) is 0 Å². The molecule has 0 radical (unpaired) electrons. The SMILES string of the molecule is C[C@@H](c1ccccc1)N1C[C@@H]2CCCN2C1=S. The maximum absolute atomic E-state index is 5.61. The first-order valence-electron chi connectivity index (χ1n) is 6.39. The fourth-order valence-corrected chi connectivity index (χ4v) is 3.46. The number of nitrogens with zero attached hydrogens (tertiary/aromatic N) is 2. The third-order valence-corrected chi connectivity index (χ3v) is 4.49. The van der Waals surface area contributed by atoms with Gasteiger partial charge in [-0.1, -0.05) is 30.3 Å². The van der Waals surface area contributed by atoms with E-state index in [4.69, 9.17) is 12.2 Å². The van der Waals surface area contributed by atoms with E-state index in [1.165, 1.54) is 18.4 Å². The van der Waals surface area contributed by atoms with Gasteiger partial charge in [-0.05, 0) is 37.5 Å². The van der Waals surface area contributed by atoms with Gasteiger partial charge in [0, 0.05) is 19.1 Å². The number of fused-ring (bicyclic) bond motifs is 1. The van der Waals surface area contributed by atoms with Crippen LogP contribution in [0.3, 0.4) is 0 Å². The van der Waals surface area contributed by atoms with E-state index >= 15 is 0 Å². The smallest absolute Gasteiger partial charge is 0.172 e. The molecule has 1 aromatic rings. The summed E-state index contributed by atoms with van der Waals surface area (Å²) in [6.07, 6.45) is 2.61. The van der Waals surface area contributed by atoms with Crippen LogP contribution >= 0.6 is 12.2 Å². The second kappa shape index (κ2) is 4.30. The second-order valence-electron chi connectivity index (χ2n) is 5.01. The largest absolute Gasteiger partial charge is 0.344 e. The molecule has 0 aromatic heterocycles. The molecule has 3 heteroatoms. The summed E-state index contributed by atoms with van der Waals surface area (Å²) in [6, 6.07) is 11.7. The van der Waals surface area contributed by atoms with Gasteiger partial charge in [0.1, 0.15) is 0 Å². The summed E-state index contributed by atoms with van der Waals surface area (Å²) < 4.78 is 0. The molecular formula is C14H18N2S. The predicted molar refractivity (Wildman–Crippen MR) is 73.9 cm³/mol. The van der Waals surface area contributed by atoms with Gasteiger partial charge in [0.2, 0.25) is 0 Å². The molecule has 0 bridgehead atoms. The monoisotopic (exact) mass is 246 g/mol. The Morgan fingerprint density at radius 3 is 2.76 bits per heavy atom. The summed E-state index contributed by atoms with van der Waals surface area (Å²) in [5.74, 6) is 0. The molecule has 0 saturated carbocycles. The van der Waals surface area contributed by atoms with Gasteiger partial charge >= 0.3 is 0 Å². The quantitative estimate of drug-likeness (QED) is 0.741. The summed E-state index contributed by atoms with van der Waals surface area (Å²) in [5, 5.41) is 1.06. The summed E-state index contributed by atoms with van der Waals surface area (Å²) in [7, 11) is 0. The van der Waals surface area contributed by atoms with Crippen LogP contribution in [0.2, 0.25) is 0 Å². The summed E-state index contributed by atoms with van der Waals surface area (Å²) in [6.45, 7) is 4.51. The molecule has 17 heavy (non-hydrogen) atoms. The zero-order valence-electron chi connectivity index (χ0n) is 10.2. The zero-order valence-corrected chi connectivity index (χ0v) is 11.0. The van der Waals surface area contributed by atoms with Crippen LogP contribution in [0.5, 0.6) is 0 Å². The third kappa shape index (κ3) is 1.82. The van der Waals surface area contributed by atoms with Crippen LogP contribution < -0.4 is 0 Å². The molecule has 2 fully saturated rings. The third-order valence-electron chi connectivity index (χ3n) is 4.03. The summed E-state index contributed by atoms with van der Waals surface area (Å²) in [4.78, 5) is 4.79. The molecule has 2 nitrogen and oxygen atoms in total. The van der Waals surface area contributed by atoms with Gasteiger partial charge in [-0.25, -0.2) is 0 Å². The zero-order chi connectivity index (χ0) is 11.8. The molecule has 0 N–H and O–H groups in total. The van der Waals surface area contributed by atoms with Crippen molar-refractivity contribution in [2.75, 3.05) is 13.1 Å². The highest BCUT2D eigenvalue weighted by Crippen LogP contribution is 2.32. The van der Waals surface area contributed by atoms with Crippen molar-refractivity contribution in [3.05, 3.63) is 35.9 Å². The van der Waals surface area contributed by atoms with Crippen LogP contribution in [0.15, 0.2) is 30.3 Å². The standard InChI is InChI=1S/C14H18N2S/c1-11(12-6-3-2-4-7-12)16-10-13-8-5-9-15(13)14(16)17/h2-4,6-7,11,13H,5,8-10H2,1H3/t11-,13-/m0/s1. The molecule has 2 saturated heterocycles. The van der Waals surface area contributed by atoms with Crippen LogP contribution in [0.4, 0.5) is 0 Å². The van der Waals surface area contributed by atoms with Gasteiger partial charge in [-0.2, -0.15) is 0 Å². The van der Waals surface area contributed by atoms with Crippen molar-refractivity contribution in [1.82, 2.24) is 9.80 Å². The molecule has 3 rings (SSSR count). The van der Waals surface area contributed by atoms with Crippen molar-refractivity contribution in [2.45, 2.75) is 31.8 Å². The van der Waals surface area contributed by atoms with Crippen LogP contribution in [0, 0.1) is 0 Å². The lowest BCUT2D eigenvalue weighted by Gasteiger charge is -2.27. The van der Waals surface area contributed by atoms with Crippen molar-refractivity contribution < 1.29 is 0 Å². The molecule has 0 amide bonds. The van der Waals surface area contributed by atoms with Crippen molar-refractivity contribution in [3.63, 3.8) is 0 Å². The van der Waals surface area contributed by atoms with E-state index in [1.54, 1.807) is 0 Å². The number of hydrogen-bond donors (Lipinski definition) is 0. The molecule has 2 atom stereocenters. The minimum absolute atomic E-state index is 0.397. The fraction of sp³-hybridized carbons (Fsp3) is 0.500. The second-order valence-corrected chi connectivity index (χ2v) is 5.38. The average molecular weight is 246 g/mol. The highest BCUT2D eigenvalue weighted by atomic mass is 32.1. The number of rotatable bonds is 2. The van der Waals surface area contributed by atoms with E-state index in [-0.39, 0.29) is 0 Å². The number of hydrogen-bond acceptors (Lipinski definition) is 1. The van der Waals surface area contributed by atoms with E-state index in [0.29, 0.717) is 12.1 Å². The minimum Gasteiger partial charge on any atom is -0.344 e. The Bertz CT molecular complexity index is 417. The van der Waals surface area contributed by atoms with E-state index < -0.39 is 0 Å². The Morgan fingerprint density at radius 2 is 2.06 bits per heavy atom. The van der Waals surface area contributed by atoms with Gasteiger partial charge in [0.15, 0.2) is 5.11 Å². The molecule has 2 aliphatic rings. The van der Waals surface area contributed by atoms with Crippen molar-refractivity contribution >= 4 is 17.3 Å². The maximum Gasteiger partial charge on any atom is 0.172 e. The van der Waals surface area contributed by atoms with Gasteiger partial charge < -0.3 is 9.80 Å². The lowest BCUT2D eigenvalue weighted by molar-refractivity contribution is 0.349. The normalized spacial score (nSPS) is 25.2. The average Bonchev–Trinajstić information content (AvgIpc) is 2.93. The highest BCUT2D eigenvalue weighted by molar-refractivity contribution is 7.80. The van der Waals surface area contributed by atoms with Crippen molar-refractivity contribution in [3.8, 4) is 0 Å². The minimum atomic E-state index is 0.397. The molecule has 90 valence electrons. The van der Waals surface area contributed by atoms with Gasteiger partial charge in [-0.15, -0.1) is 0 Å². The van der Waals surface area contributed by atoms with Crippen LogP contribution in [-0.4, -0.2) is 34.0 Å². The summed E-state index contributed by atoms with van der Waals surface area (Å²) in [5.41, 5.74) is 1.36. The van der Waals surface area contributed by atoms with Gasteiger partial charge in [0.25, 0.3) is 0 Å². The molecule has 0 aliphatic carbocycles. The van der Waals surface area contributed by atoms with Crippen LogP contribution in [0.1, 0.15) is 31.4 Å². The van der Waals surface area contributed by atoms with Crippen molar-refractivity contribution in [1.29, 1.82) is 0 Å². The van der Waals surface area contributed by atoms with Crippen molar-refractivity contribution in [2.24, 2.45) is 0 Å². The highest BCUT2D eigenvalue weighted by Gasteiger charge is 2.39. The Labute approximate surface area is 108 Å². The Hall–Kier alpha value is -1.09. The number of thiocarbonyl (C=S) groups is 1. The first kappa shape index (κ1) is 11.0. The lowest BCUT2D eigenvalue weighted by atomic mass is 10.1. The van der Waals surface area contributed by atoms with E-state index in [1.807, 2.05) is 0 Å². The predicted octanol–water partition coefficient (Wildman–Crippen LogP) is 2.81. The molecule has 2 aliphatic heterocycles. The first-order chi connectivity index (χ1) is 8.27. The topological polar surface area (TPSA) is 6.48 Å². The van der Waals surface area contributed by atoms with E-state index in [2.05, 4.69) is 47.1 Å². The maximum atomic E-state index is 5.61. The lowest BCUT2D eigenvalue weighted by Crippen LogP contribution is -2.33. The van der Waals surface area contributed by atoms with E-state index in [0.717, 1.165) is 18.2 Å². The molecule has 0 spiro atoms. The van der Waals surface area contributed by atoms with Crippen LogP contribution in [-0.2, 0) is 0 Å². The summed E-state index contributed by atoms with van der Waals surface area (Å²) >= 11 is 5.61. The van der Waals surface area contributed by atoms with Crippen LogP contribution in [0.25, 0.3) is 0 Å². The Morgan fingerprint density at radius 1 is 1.29 bits per heavy atom. The molecule has 2 heterocycles. The fourth-order valence-electron chi connectivity index (χ4n) is 2.98. The van der Waals surface area contributed by atoms with Gasteiger partial charge in [-0.3, -0.25) is 0 Å².